The Bertz CT molecular complexity index is 717. The van der Waals surface area contributed by atoms with Gasteiger partial charge in [0.2, 0.25) is 0 Å². The van der Waals surface area contributed by atoms with Crippen LogP contribution in [0.15, 0.2) is 54.6 Å². The molecule has 3 nitrogen and oxygen atoms in total. The SMILES string of the molecule is CC(C(=O)O[Si](C)(C)C(C)(C)C)c1ccccc1Oc1ccccc1. The topological polar surface area (TPSA) is 35.5 Å². The smallest absolute Gasteiger partial charge is 0.299 e. The van der Waals surface area contributed by atoms with Gasteiger partial charge in [0.15, 0.2) is 0 Å². The number of ether oxygens (including phenoxy) is 1. The van der Waals surface area contributed by atoms with E-state index >= 15 is 0 Å². The Hall–Kier alpha value is -2.07. The van der Waals surface area contributed by atoms with Crippen LogP contribution in [0.2, 0.25) is 18.1 Å². The van der Waals surface area contributed by atoms with E-state index in [4.69, 9.17) is 9.16 Å². The van der Waals surface area contributed by atoms with Gasteiger partial charge in [-0.25, -0.2) is 0 Å². The van der Waals surface area contributed by atoms with Crippen LogP contribution in [0.3, 0.4) is 0 Å². The van der Waals surface area contributed by atoms with Crippen LogP contribution in [0, 0.1) is 0 Å². The van der Waals surface area contributed by atoms with Crippen LogP contribution in [0.25, 0.3) is 0 Å². The lowest BCUT2D eigenvalue weighted by atomic mass is 10.0. The van der Waals surface area contributed by atoms with E-state index in [1.54, 1.807) is 0 Å². The number of para-hydroxylation sites is 2. The van der Waals surface area contributed by atoms with Crippen LogP contribution in [-0.4, -0.2) is 14.3 Å². The van der Waals surface area contributed by atoms with Crippen LogP contribution in [-0.2, 0) is 9.22 Å². The molecule has 134 valence electrons. The Balaban J connectivity index is 2.22. The molecule has 0 bridgehead atoms. The molecule has 0 radical (unpaired) electrons. The molecule has 25 heavy (non-hydrogen) atoms. The van der Waals surface area contributed by atoms with Gasteiger partial charge in [0.25, 0.3) is 14.3 Å². The Morgan fingerprint density at radius 3 is 2.12 bits per heavy atom. The predicted octanol–water partition coefficient (Wildman–Crippen LogP) is 6.13. The summed E-state index contributed by atoms with van der Waals surface area (Å²) in [6.45, 7) is 12.4. The third-order valence-corrected chi connectivity index (χ3v) is 9.20. The summed E-state index contributed by atoms with van der Waals surface area (Å²) in [4.78, 5) is 12.8. The van der Waals surface area contributed by atoms with Gasteiger partial charge in [-0.05, 0) is 43.3 Å². The molecule has 1 atom stereocenters. The van der Waals surface area contributed by atoms with E-state index in [9.17, 15) is 4.79 Å². The van der Waals surface area contributed by atoms with Crippen LogP contribution < -0.4 is 4.74 Å². The van der Waals surface area contributed by atoms with Crippen molar-refractivity contribution in [2.75, 3.05) is 0 Å². The Morgan fingerprint density at radius 2 is 1.52 bits per heavy atom. The van der Waals surface area contributed by atoms with Crippen molar-refractivity contribution in [3.05, 3.63) is 60.2 Å². The molecular weight excluding hydrogens is 328 g/mol. The second-order valence-electron chi connectivity index (χ2n) is 7.86. The van der Waals surface area contributed by atoms with Gasteiger partial charge in [0.05, 0.1) is 5.92 Å². The van der Waals surface area contributed by atoms with Crippen LogP contribution >= 0.6 is 0 Å². The first-order valence-corrected chi connectivity index (χ1v) is 11.6. The summed E-state index contributed by atoms with van der Waals surface area (Å²) < 4.78 is 11.9. The standard InChI is InChI=1S/C21H28O3Si/c1-16(20(22)24-25(5,6)21(2,3)4)18-14-10-11-15-19(18)23-17-12-8-7-9-13-17/h7-16H,1-6H3. The summed E-state index contributed by atoms with van der Waals surface area (Å²) >= 11 is 0. The third-order valence-electron chi connectivity index (χ3n) is 4.87. The average molecular weight is 357 g/mol. The lowest BCUT2D eigenvalue weighted by Gasteiger charge is -2.36. The highest BCUT2D eigenvalue weighted by molar-refractivity contribution is 6.75. The number of carbonyl (C=O) groups excluding carboxylic acids is 1. The fourth-order valence-corrected chi connectivity index (χ4v) is 3.15. The zero-order valence-corrected chi connectivity index (χ0v) is 17.0. The molecule has 1 unspecified atom stereocenters. The minimum absolute atomic E-state index is 0.0115. The lowest BCUT2D eigenvalue weighted by molar-refractivity contribution is -0.136. The van der Waals surface area contributed by atoms with Crippen molar-refractivity contribution in [3.63, 3.8) is 0 Å². The molecule has 0 spiro atoms. The van der Waals surface area contributed by atoms with E-state index in [1.807, 2.05) is 61.5 Å². The minimum atomic E-state index is -2.15. The summed E-state index contributed by atoms with van der Waals surface area (Å²) in [5.74, 6) is 0.873. The maximum Gasteiger partial charge on any atom is 0.299 e. The van der Waals surface area contributed by atoms with Gasteiger partial charge >= 0.3 is 0 Å². The summed E-state index contributed by atoms with van der Waals surface area (Å²) in [6, 6.07) is 17.2. The minimum Gasteiger partial charge on any atom is -0.519 e. The van der Waals surface area contributed by atoms with E-state index in [2.05, 4.69) is 33.9 Å². The molecule has 2 aromatic carbocycles. The maximum absolute atomic E-state index is 12.8. The van der Waals surface area contributed by atoms with Crippen molar-refractivity contribution in [2.24, 2.45) is 0 Å². The zero-order valence-electron chi connectivity index (χ0n) is 16.0. The van der Waals surface area contributed by atoms with Crippen molar-refractivity contribution in [3.8, 4) is 11.5 Å². The number of benzene rings is 2. The highest BCUT2D eigenvalue weighted by atomic mass is 28.4. The second-order valence-corrected chi connectivity index (χ2v) is 12.6. The third kappa shape index (κ3) is 4.72. The summed E-state index contributed by atoms with van der Waals surface area (Å²) in [5, 5.41) is -0.0115. The average Bonchev–Trinajstić information content (AvgIpc) is 2.54. The summed E-state index contributed by atoms with van der Waals surface area (Å²) in [7, 11) is -2.15. The molecule has 0 amide bonds. The van der Waals surface area contributed by atoms with E-state index in [-0.39, 0.29) is 16.9 Å². The molecule has 0 fully saturated rings. The van der Waals surface area contributed by atoms with E-state index in [0.29, 0.717) is 5.75 Å². The lowest BCUT2D eigenvalue weighted by Crippen LogP contribution is -2.43. The summed E-state index contributed by atoms with van der Waals surface area (Å²) in [6.07, 6.45) is 0. The predicted molar refractivity (Wildman–Crippen MR) is 105 cm³/mol. The highest BCUT2D eigenvalue weighted by Crippen LogP contribution is 2.38. The van der Waals surface area contributed by atoms with Gasteiger partial charge in [0, 0.05) is 5.56 Å². The van der Waals surface area contributed by atoms with Crippen molar-refractivity contribution < 1.29 is 14.0 Å². The molecule has 0 saturated carbocycles. The molecule has 0 heterocycles. The molecule has 0 aliphatic heterocycles. The van der Waals surface area contributed by atoms with Crippen LogP contribution in [0.1, 0.15) is 39.2 Å². The first-order chi connectivity index (χ1) is 11.6. The number of rotatable bonds is 5. The number of hydrogen-bond donors (Lipinski definition) is 0. The molecular formula is C21H28O3Si. The van der Waals surface area contributed by atoms with Gasteiger partial charge < -0.3 is 9.16 Å². The highest BCUT2D eigenvalue weighted by Gasteiger charge is 2.41. The number of carbonyl (C=O) groups is 1. The van der Waals surface area contributed by atoms with Crippen molar-refractivity contribution in [2.45, 2.75) is 51.7 Å². The van der Waals surface area contributed by atoms with Crippen LogP contribution in [0.4, 0.5) is 0 Å². The fraction of sp³-hybridized carbons (Fsp3) is 0.381. The van der Waals surface area contributed by atoms with E-state index < -0.39 is 8.32 Å². The molecule has 0 aliphatic carbocycles. The first kappa shape index (κ1) is 19.3. The van der Waals surface area contributed by atoms with Crippen LogP contribution in [0.5, 0.6) is 11.5 Å². The molecule has 0 N–H and O–H groups in total. The van der Waals surface area contributed by atoms with Gasteiger partial charge in [-0.1, -0.05) is 57.2 Å². The second kappa shape index (κ2) is 7.44. The van der Waals surface area contributed by atoms with Crippen molar-refractivity contribution in [1.82, 2.24) is 0 Å². The molecule has 0 aromatic heterocycles. The molecule has 4 heteroatoms. The van der Waals surface area contributed by atoms with Gasteiger partial charge in [-0.15, -0.1) is 0 Å². The van der Waals surface area contributed by atoms with Crippen molar-refractivity contribution >= 4 is 14.3 Å². The van der Waals surface area contributed by atoms with E-state index in [1.165, 1.54) is 0 Å². The largest absolute Gasteiger partial charge is 0.519 e. The Morgan fingerprint density at radius 1 is 0.960 bits per heavy atom. The normalized spacial score (nSPS) is 13.2. The van der Waals surface area contributed by atoms with Gasteiger partial charge in [-0.2, -0.15) is 0 Å². The molecule has 2 aromatic rings. The van der Waals surface area contributed by atoms with E-state index in [0.717, 1.165) is 11.3 Å². The quantitative estimate of drug-likeness (QED) is 0.604. The zero-order chi connectivity index (χ0) is 18.7. The fourth-order valence-electron chi connectivity index (χ4n) is 2.17. The molecule has 0 saturated heterocycles. The van der Waals surface area contributed by atoms with Gasteiger partial charge in [0.1, 0.15) is 11.5 Å². The summed E-state index contributed by atoms with van der Waals surface area (Å²) in [5.41, 5.74) is 0.843. The molecule has 2 rings (SSSR count). The Labute approximate surface area is 152 Å². The maximum atomic E-state index is 12.8. The first-order valence-electron chi connectivity index (χ1n) is 8.66. The van der Waals surface area contributed by atoms with Gasteiger partial charge in [-0.3, -0.25) is 4.79 Å². The Kier molecular flexibility index (Phi) is 5.73. The number of hydrogen-bond acceptors (Lipinski definition) is 3. The monoisotopic (exact) mass is 356 g/mol. The van der Waals surface area contributed by atoms with Crippen molar-refractivity contribution in [1.29, 1.82) is 0 Å². The molecule has 0 aliphatic rings.